The summed E-state index contributed by atoms with van der Waals surface area (Å²) in [5, 5.41) is 18.6. The topological polar surface area (TPSA) is 55.6 Å². The number of thiophene rings is 2. The van der Waals surface area contributed by atoms with E-state index in [-0.39, 0.29) is 0 Å². The third-order valence-electron chi connectivity index (χ3n) is 24.9. The predicted octanol–water partition coefficient (Wildman–Crippen LogP) is 33.7. The zero-order valence-electron chi connectivity index (χ0n) is 71.6. The van der Waals surface area contributed by atoms with Gasteiger partial charge in [0.1, 0.15) is 87.4 Å². The molecule has 0 unspecified atom stereocenters. The van der Waals surface area contributed by atoms with Crippen molar-refractivity contribution >= 4 is 243 Å². The molecule has 0 radical (unpaired) electrons. The number of aryl methyl sites for hydroxylation is 2. The molecule has 24 rings (SSSR count). The second kappa shape index (κ2) is 32.1. The molecular formula is C106H80F4N8O2S8. The summed E-state index contributed by atoms with van der Waals surface area (Å²) in [6.07, 6.45) is 0. The molecule has 632 valence electrons. The Morgan fingerprint density at radius 2 is 0.531 bits per heavy atom. The SMILES string of the molecule is CC1=C(C)N(c2ccc3oc4ccccc4c3c2)/C(=C2\SC(C)=C(C)N2c2ccc3oc4ccccc4c3c2)S1.CC1=C(C)N(c2ccc3sc4ccccc4c3c2)/C(=C2\SC(C)=C(C)N2c2ccc3sc4ccccc4c3c2)S1.CC1=C(c2cc(F)cc(F)c2)S/C(=C2/SC(c3cc(F)cc(F)c3)=C(C)N2c2cc3ccccc3n2C)N1c1cc2ccccc2n1C. The summed E-state index contributed by atoms with van der Waals surface area (Å²) < 4.78 is 80.3. The van der Waals surface area contributed by atoms with Crippen molar-refractivity contribution in [1.82, 2.24) is 9.13 Å². The van der Waals surface area contributed by atoms with Crippen molar-refractivity contribution in [2.24, 2.45) is 14.1 Å². The average molecular weight is 1830 g/mol. The largest absolute Gasteiger partial charge is 0.456 e. The maximum absolute atomic E-state index is 14.6. The first kappa shape index (κ1) is 81.8. The summed E-state index contributed by atoms with van der Waals surface area (Å²) in [5.41, 5.74) is 18.0. The Morgan fingerprint density at radius 1 is 0.242 bits per heavy atom. The number of thioether (sulfide) groups is 6. The van der Waals surface area contributed by atoms with Gasteiger partial charge in [-0.2, -0.15) is 0 Å². The zero-order valence-corrected chi connectivity index (χ0v) is 78.1. The molecule has 0 saturated heterocycles. The number of halogens is 4. The minimum Gasteiger partial charge on any atom is -0.456 e. The van der Waals surface area contributed by atoms with E-state index in [2.05, 4.69) is 252 Å². The second-order valence-electron chi connectivity index (χ2n) is 32.5. The molecule has 18 aromatic rings. The smallest absolute Gasteiger partial charge is 0.135 e. The molecule has 0 fully saturated rings. The lowest BCUT2D eigenvalue weighted by molar-refractivity contribution is 0.582. The van der Waals surface area contributed by atoms with Gasteiger partial charge in [-0.05, 0) is 226 Å². The first-order valence-electron chi connectivity index (χ1n) is 41.9. The van der Waals surface area contributed by atoms with Crippen LogP contribution in [0.25, 0.3) is 116 Å². The quantitative estimate of drug-likeness (QED) is 0.136. The molecule has 0 spiro atoms. The summed E-state index contributed by atoms with van der Waals surface area (Å²) in [7, 11) is 3.98. The number of furan rings is 2. The van der Waals surface area contributed by atoms with Gasteiger partial charge in [-0.1, -0.05) is 180 Å². The Morgan fingerprint density at radius 3 is 0.891 bits per heavy atom. The number of allylic oxidation sites excluding steroid dienone is 10. The van der Waals surface area contributed by atoms with Gasteiger partial charge >= 0.3 is 0 Å². The van der Waals surface area contributed by atoms with Crippen molar-refractivity contribution in [2.45, 2.75) is 69.2 Å². The van der Waals surface area contributed by atoms with E-state index in [0.29, 0.717) is 20.9 Å². The first-order chi connectivity index (χ1) is 62.0. The van der Waals surface area contributed by atoms with Crippen molar-refractivity contribution in [3.63, 3.8) is 0 Å². The number of hydrogen-bond acceptors (Lipinski definition) is 16. The fourth-order valence-electron chi connectivity index (χ4n) is 18.2. The van der Waals surface area contributed by atoms with E-state index in [1.165, 1.54) is 162 Å². The van der Waals surface area contributed by atoms with Crippen LogP contribution in [0.1, 0.15) is 80.4 Å². The highest BCUT2D eigenvalue weighted by molar-refractivity contribution is 8.16. The van der Waals surface area contributed by atoms with E-state index < -0.39 is 23.3 Å². The van der Waals surface area contributed by atoms with Crippen molar-refractivity contribution in [1.29, 1.82) is 0 Å². The van der Waals surface area contributed by atoms with E-state index >= 15 is 0 Å². The van der Waals surface area contributed by atoms with Crippen LogP contribution in [-0.4, -0.2) is 9.13 Å². The lowest BCUT2D eigenvalue weighted by Crippen LogP contribution is -2.24. The lowest BCUT2D eigenvalue weighted by atomic mass is 10.1. The van der Waals surface area contributed by atoms with Gasteiger partial charge in [-0.15, -0.1) is 22.7 Å². The maximum Gasteiger partial charge on any atom is 0.135 e. The van der Waals surface area contributed by atoms with E-state index in [1.54, 1.807) is 0 Å². The number of para-hydroxylation sites is 4. The number of hydrogen-bond donors (Lipinski definition) is 0. The van der Waals surface area contributed by atoms with Crippen LogP contribution in [0.5, 0.6) is 0 Å². The standard InChI is InChI=1S/C38H28F4N4S2.C34H26N2O2S2.C34H26N2S4/c1-21-35(25-13-27(39)19-28(40)14-25)47-37(45(21)33-17-23-9-5-7-11-31(23)43(33)3)38-46(34-18-24-10-6-8-12-32(24)44(34)4)22(2)36(48-38)26-15-29(41)20-30(42)16-26;1-19-21(3)39-33(35(19)23-13-15-31-27(17-23)25-9-5-7-11-29(25)37-31)34-36(20(2)22(4)40-34)24-14-16-32-28(18-24)26-10-6-8-12-30(26)38-32;1-19-21(3)37-33(35(19)23-13-15-31-27(17-23)25-9-5-7-11-29(25)39-31)34-36(20(2)22(4)38-34)24-14-16-32-28(18-24)26-10-6-8-12-30(26)40-32/h5-20H,1-4H3;2*5-18H,1-4H3/b38-37+;2*34-33+. The fourth-order valence-corrected chi connectivity index (χ4v) is 27.6. The summed E-state index contributed by atoms with van der Waals surface area (Å²) >= 11 is 14.1. The molecule has 6 aliphatic heterocycles. The molecule has 12 aromatic carbocycles. The molecule has 0 bridgehead atoms. The van der Waals surface area contributed by atoms with E-state index in [0.717, 1.165) is 122 Å². The zero-order chi connectivity index (χ0) is 87.7. The predicted molar refractivity (Wildman–Crippen MR) is 545 cm³/mol. The van der Waals surface area contributed by atoms with E-state index in [9.17, 15) is 17.6 Å². The molecule has 0 atom stereocenters. The molecule has 0 aliphatic carbocycles. The van der Waals surface area contributed by atoms with Crippen LogP contribution in [0, 0.1) is 23.3 Å². The Labute approximate surface area is 770 Å². The summed E-state index contributed by atoms with van der Waals surface area (Å²) in [6, 6.07) is 88.5. The molecule has 6 aliphatic rings. The highest BCUT2D eigenvalue weighted by Gasteiger charge is 2.42. The number of anilines is 6. The Bertz CT molecular complexity index is 7370. The molecular weight excluding hydrogens is 1750 g/mol. The minimum atomic E-state index is -0.663. The van der Waals surface area contributed by atoms with Crippen LogP contribution in [0.15, 0.2) is 360 Å². The van der Waals surface area contributed by atoms with Crippen molar-refractivity contribution in [3.8, 4) is 0 Å². The maximum atomic E-state index is 14.6. The van der Waals surface area contributed by atoms with Gasteiger partial charge in [-0.25, -0.2) is 17.6 Å². The molecule has 128 heavy (non-hydrogen) atoms. The van der Waals surface area contributed by atoms with E-state index in [4.69, 9.17) is 8.83 Å². The Hall–Kier alpha value is -12.0. The van der Waals surface area contributed by atoms with Crippen LogP contribution in [0.2, 0.25) is 0 Å². The number of nitrogens with zero attached hydrogens (tertiary/aromatic N) is 8. The van der Waals surface area contributed by atoms with Gasteiger partial charge in [0.25, 0.3) is 0 Å². The molecule has 6 aromatic heterocycles. The Balaban J connectivity index is 0.000000114. The summed E-state index contributed by atoms with van der Waals surface area (Å²) in [6.45, 7) is 21.8. The molecule has 0 N–H and O–H groups in total. The van der Waals surface area contributed by atoms with Crippen LogP contribution >= 0.6 is 93.2 Å². The molecule has 0 amide bonds. The number of benzene rings is 12. The Kier molecular flexibility index (Phi) is 20.5. The van der Waals surface area contributed by atoms with E-state index in [1.807, 2.05) is 170 Å². The average Bonchev–Trinajstić information content (AvgIpc) is 1.57. The normalized spacial score (nSPS) is 17.7. The molecule has 12 heterocycles. The van der Waals surface area contributed by atoms with Gasteiger partial charge in [0.05, 0.1) is 0 Å². The summed E-state index contributed by atoms with van der Waals surface area (Å²) in [5.74, 6) is -0.939. The molecule has 10 nitrogen and oxygen atoms in total. The van der Waals surface area contributed by atoms with Crippen molar-refractivity contribution in [3.05, 3.63) is 385 Å². The van der Waals surface area contributed by atoms with Gasteiger partial charge in [0.2, 0.25) is 0 Å². The number of rotatable bonds is 8. The third kappa shape index (κ3) is 13.7. The van der Waals surface area contributed by atoms with Crippen molar-refractivity contribution < 1.29 is 26.4 Å². The van der Waals surface area contributed by atoms with Crippen LogP contribution in [-0.2, 0) is 14.1 Å². The van der Waals surface area contributed by atoms with Gasteiger partial charge in [-0.3, -0.25) is 9.80 Å². The van der Waals surface area contributed by atoms with Gasteiger partial charge < -0.3 is 37.6 Å². The van der Waals surface area contributed by atoms with Crippen LogP contribution in [0.4, 0.5) is 51.9 Å². The first-order valence-corrected chi connectivity index (χ1v) is 48.5. The van der Waals surface area contributed by atoms with Crippen molar-refractivity contribution in [2.75, 3.05) is 29.4 Å². The summed E-state index contributed by atoms with van der Waals surface area (Å²) in [4.78, 5) is 20.7. The van der Waals surface area contributed by atoms with Crippen LogP contribution < -0.4 is 29.4 Å². The fraction of sp³-hybridized carbons (Fsp3) is 0.113. The van der Waals surface area contributed by atoms with Crippen LogP contribution in [0.3, 0.4) is 0 Å². The number of fused-ring (bicyclic) bond motifs is 14. The highest BCUT2D eigenvalue weighted by atomic mass is 32.2. The second-order valence-corrected chi connectivity index (χ2v) is 41.5. The van der Waals surface area contributed by atoms with Gasteiger partial charge in [0.15, 0.2) is 0 Å². The monoisotopic (exact) mass is 1830 g/mol. The lowest BCUT2D eigenvalue weighted by Gasteiger charge is -2.28. The molecule has 22 heteroatoms. The highest BCUT2D eigenvalue weighted by Crippen LogP contribution is 2.61. The number of aromatic nitrogens is 2. The molecule has 0 saturated carbocycles. The third-order valence-corrected chi connectivity index (χ3v) is 34.9. The van der Waals surface area contributed by atoms with Gasteiger partial charge in [0, 0.05) is 196 Å². The minimum absolute atomic E-state index is 0.422.